The fourth-order valence-corrected chi connectivity index (χ4v) is 4.09. The first-order valence-electron chi connectivity index (χ1n) is 7.46. The van der Waals surface area contributed by atoms with Gasteiger partial charge in [0.1, 0.15) is 5.01 Å². The van der Waals surface area contributed by atoms with E-state index in [9.17, 15) is 0 Å². The van der Waals surface area contributed by atoms with Gasteiger partial charge < -0.3 is 0 Å². The Balaban J connectivity index is 2.51. The molecular weight excluding hydrogens is 262 g/mol. The van der Waals surface area contributed by atoms with Crippen molar-refractivity contribution < 1.29 is 0 Å². The number of nitrogens with zero attached hydrogens (tertiary/aromatic N) is 1. The molecular formula is C18H25NS. The summed E-state index contributed by atoms with van der Waals surface area (Å²) < 4.78 is 0. The fraction of sp³-hybridized carbons (Fsp3) is 0.500. The van der Waals surface area contributed by atoms with Crippen molar-refractivity contribution in [2.75, 3.05) is 0 Å². The zero-order valence-electron chi connectivity index (χ0n) is 13.2. The van der Waals surface area contributed by atoms with Crippen LogP contribution in [0.15, 0.2) is 35.7 Å². The Morgan fingerprint density at radius 1 is 1.00 bits per heavy atom. The summed E-state index contributed by atoms with van der Waals surface area (Å²) in [5.74, 6) is 0. The summed E-state index contributed by atoms with van der Waals surface area (Å²) in [6, 6.07) is 10.8. The van der Waals surface area contributed by atoms with Crippen molar-refractivity contribution in [3.8, 4) is 0 Å². The first-order valence-corrected chi connectivity index (χ1v) is 8.34. The molecule has 0 fully saturated rings. The van der Waals surface area contributed by atoms with Gasteiger partial charge in [-0.05, 0) is 18.4 Å². The van der Waals surface area contributed by atoms with E-state index in [1.54, 1.807) is 0 Å². The van der Waals surface area contributed by atoms with Crippen LogP contribution >= 0.6 is 11.3 Å². The van der Waals surface area contributed by atoms with Crippen molar-refractivity contribution in [1.29, 1.82) is 0 Å². The number of rotatable bonds is 4. The molecule has 0 radical (unpaired) electrons. The summed E-state index contributed by atoms with van der Waals surface area (Å²) in [5, 5.41) is 3.50. The summed E-state index contributed by atoms with van der Waals surface area (Å²) in [6.07, 6.45) is 2.18. The van der Waals surface area contributed by atoms with E-state index in [0.29, 0.717) is 0 Å². The molecule has 1 aromatic heterocycles. The van der Waals surface area contributed by atoms with Crippen molar-refractivity contribution in [3.63, 3.8) is 0 Å². The molecule has 0 unspecified atom stereocenters. The summed E-state index contributed by atoms with van der Waals surface area (Å²) in [5.41, 5.74) is 2.79. The maximum Gasteiger partial charge on any atom is 0.103 e. The van der Waals surface area contributed by atoms with E-state index in [2.05, 4.69) is 70.3 Å². The lowest BCUT2D eigenvalue weighted by atomic mass is 9.76. The molecule has 2 heteroatoms. The van der Waals surface area contributed by atoms with Gasteiger partial charge in [-0.15, -0.1) is 11.3 Å². The normalized spacial score (nSPS) is 12.7. The topological polar surface area (TPSA) is 12.9 Å². The first kappa shape index (κ1) is 15.2. The third kappa shape index (κ3) is 2.67. The highest BCUT2D eigenvalue weighted by molar-refractivity contribution is 7.09. The molecule has 0 aliphatic heterocycles. The van der Waals surface area contributed by atoms with E-state index in [4.69, 9.17) is 4.98 Å². The molecule has 108 valence electrons. The lowest BCUT2D eigenvalue weighted by molar-refractivity contribution is 0.469. The molecule has 2 aromatic rings. The maximum absolute atomic E-state index is 4.99. The second-order valence-corrected chi connectivity index (χ2v) is 7.30. The zero-order valence-corrected chi connectivity index (χ0v) is 14.1. The Bertz CT molecular complexity index is 544. The van der Waals surface area contributed by atoms with Crippen molar-refractivity contribution in [1.82, 2.24) is 4.98 Å². The summed E-state index contributed by atoms with van der Waals surface area (Å²) in [4.78, 5) is 4.99. The average Bonchev–Trinajstić information content (AvgIpc) is 2.92. The highest BCUT2D eigenvalue weighted by Gasteiger charge is 2.34. The highest BCUT2D eigenvalue weighted by Crippen LogP contribution is 2.41. The van der Waals surface area contributed by atoms with Gasteiger partial charge in [0.15, 0.2) is 0 Å². The predicted octanol–water partition coefficient (Wildman–Crippen LogP) is 5.55. The van der Waals surface area contributed by atoms with E-state index >= 15 is 0 Å². The Morgan fingerprint density at radius 2 is 1.60 bits per heavy atom. The molecule has 0 N–H and O–H groups in total. The Kier molecular flexibility index (Phi) is 4.33. The molecule has 1 heterocycles. The van der Waals surface area contributed by atoms with Crippen LogP contribution in [-0.2, 0) is 10.8 Å². The van der Waals surface area contributed by atoms with Crippen molar-refractivity contribution in [2.24, 2.45) is 0 Å². The number of aromatic nitrogens is 1. The third-order valence-corrected chi connectivity index (χ3v) is 5.26. The molecule has 0 saturated heterocycles. The smallest absolute Gasteiger partial charge is 0.103 e. The SMILES string of the molecule is CCC(CC)(c1ccccc1)c1nc(C(C)(C)C)cs1. The van der Waals surface area contributed by atoms with Crippen LogP contribution in [0.1, 0.15) is 63.7 Å². The maximum atomic E-state index is 4.99. The van der Waals surface area contributed by atoms with Gasteiger partial charge >= 0.3 is 0 Å². The fourth-order valence-electron chi connectivity index (χ4n) is 2.68. The third-order valence-electron chi connectivity index (χ3n) is 4.22. The molecule has 0 amide bonds. The lowest BCUT2D eigenvalue weighted by Crippen LogP contribution is -2.26. The van der Waals surface area contributed by atoms with E-state index in [1.807, 2.05) is 11.3 Å². The van der Waals surface area contributed by atoms with Crippen LogP contribution < -0.4 is 0 Å². The van der Waals surface area contributed by atoms with Crippen molar-refractivity contribution in [2.45, 2.75) is 58.3 Å². The van der Waals surface area contributed by atoms with Crippen molar-refractivity contribution in [3.05, 3.63) is 52.0 Å². The molecule has 0 aliphatic rings. The van der Waals surface area contributed by atoms with Crippen LogP contribution in [0, 0.1) is 0 Å². The van der Waals surface area contributed by atoms with Gasteiger partial charge in [-0.2, -0.15) is 0 Å². The molecule has 0 aliphatic carbocycles. The second kappa shape index (κ2) is 5.69. The second-order valence-electron chi connectivity index (χ2n) is 6.44. The molecule has 0 spiro atoms. The molecule has 0 atom stereocenters. The van der Waals surface area contributed by atoms with Crippen LogP contribution in [0.2, 0.25) is 0 Å². The van der Waals surface area contributed by atoms with E-state index in [-0.39, 0.29) is 10.8 Å². The Labute approximate surface area is 127 Å². The van der Waals surface area contributed by atoms with Crippen LogP contribution in [0.5, 0.6) is 0 Å². The molecule has 20 heavy (non-hydrogen) atoms. The largest absolute Gasteiger partial charge is 0.245 e. The number of hydrogen-bond donors (Lipinski definition) is 0. The Hall–Kier alpha value is -1.15. The van der Waals surface area contributed by atoms with E-state index in [0.717, 1.165) is 12.8 Å². The lowest BCUT2D eigenvalue weighted by Gasteiger charge is -2.30. The number of benzene rings is 1. The summed E-state index contributed by atoms with van der Waals surface area (Å²) in [6.45, 7) is 11.2. The van der Waals surface area contributed by atoms with Gasteiger partial charge in [-0.25, -0.2) is 4.98 Å². The standard InChI is InChI=1S/C18H25NS/c1-6-18(7-2,14-11-9-8-10-12-14)16-19-15(13-20-16)17(3,4)5/h8-13H,6-7H2,1-5H3. The minimum absolute atomic E-state index is 0.0649. The molecule has 0 saturated carbocycles. The zero-order chi connectivity index (χ0) is 14.8. The number of hydrogen-bond acceptors (Lipinski definition) is 2. The minimum Gasteiger partial charge on any atom is -0.245 e. The van der Waals surface area contributed by atoms with E-state index in [1.165, 1.54) is 16.3 Å². The van der Waals surface area contributed by atoms with E-state index < -0.39 is 0 Å². The predicted molar refractivity (Wildman–Crippen MR) is 88.6 cm³/mol. The highest BCUT2D eigenvalue weighted by atomic mass is 32.1. The average molecular weight is 287 g/mol. The van der Waals surface area contributed by atoms with Gasteiger partial charge in [0.2, 0.25) is 0 Å². The monoisotopic (exact) mass is 287 g/mol. The van der Waals surface area contributed by atoms with Crippen LogP contribution in [0.25, 0.3) is 0 Å². The van der Waals surface area contributed by atoms with Gasteiger partial charge in [0.05, 0.1) is 5.69 Å². The Morgan fingerprint density at radius 3 is 2.05 bits per heavy atom. The van der Waals surface area contributed by atoms with Crippen LogP contribution in [0.3, 0.4) is 0 Å². The quantitative estimate of drug-likeness (QED) is 0.718. The molecule has 1 nitrogen and oxygen atoms in total. The molecule has 0 bridgehead atoms. The van der Waals surface area contributed by atoms with Gasteiger partial charge in [-0.3, -0.25) is 0 Å². The molecule has 2 rings (SSSR count). The number of thiazole rings is 1. The first-order chi connectivity index (χ1) is 9.44. The van der Waals surface area contributed by atoms with Gasteiger partial charge in [0, 0.05) is 16.2 Å². The summed E-state index contributed by atoms with van der Waals surface area (Å²) >= 11 is 1.82. The molecule has 1 aromatic carbocycles. The summed E-state index contributed by atoms with van der Waals surface area (Å²) in [7, 11) is 0. The van der Waals surface area contributed by atoms with Crippen LogP contribution in [-0.4, -0.2) is 4.98 Å². The van der Waals surface area contributed by atoms with Gasteiger partial charge in [0.25, 0.3) is 0 Å². The minimum atomic E-state index is 0.0649. The van der Waals surface area contributed by atoms with Crippen LogP contribution in [0.4, 0.5) is 0 Å². The van der Waals surface area contributed by atoms with Gasteiger partial charge in [-0.1, -0.05) is 65.0 Å². The van der Waals surface area contributed by atoms with Crippen molar-refractivity contribution >= 4 is 11.3 Å².